The third-order valence-electron chi connectivity index (χ3n) is 2.42. The van der Waals surface area contributed by atoms with Gasteiger partial charge in [-0.25, -0.2) is 4.39 Å². The predicted octanol–water partition coefficient (Wildman–Crippen LogP) is 1.30. The average Bonchev–Trinajstić information content (AvgIpc) is 2.32. The first-order valence-corrected chi connectivity index (χ1v) is 5.60. The zero-order valence-electron chi connectivity index (χ0n) is 9.58. The zero-order chi connectivity index (χ0) is 12.7. The third kappa shape index (κ3) is 4.03. The van der Waals surface area contributed by atoms with Crippen molar-refractivity contribution in [1.82, 2.24) is 5.32 Å². The van der Waals surface area contributed by atoms with Crippen molar-refractivity contribution in [2.75, 3.05) is 18.9 Å². The van der Waals surface area contributed by atoms with Crippen molar-refractivity contribution >= 4 is 11.6 Å². The average molecular weight is 240 g/mol. The van der Waals surface area contributed by atoms with Gasteiger partial charge in [-0.1, -0.05) is 6.07 Å². The summed E-state index contributed by atoms with van der Waals surface area (Å²) in [5.74, 6) is -0.955. The number of carbonyl (C=O) groups excluding carboxylic acids is 1. The highest BCUT2D eigenvalue weighted by Gasteiger charge is 2.11. The molecule has 0 unspecified atom stereocenters. The summed E-state index contributed by atoms with van der Waals surface area (Å²) < 4.78 is 13.1. The van der Waals surface area contributed by atoms with E-state index in [-0.39, 0.29) is 23.8 Å². The van der Waals surface area contributed by atoms with E-state index in [4.69, 9.17) is 10.8 Å². The number of para-hydroxylation sites is 1. The number of aliphatic hydroxyl groups is 1. The normalized spacial score (nSPS) is 10.2. The number of amides is 1. The van der Waals surface area contributed by atoms with Crippen molar-refractivity contribution in [2.24, 2.45) is 0 Å². The van der Waals surface area contributed by atoms with Crippen LogP contribution in [0.4, 0.5) is 10.1 Å². The van der Waals surface area contributed by atoms with E-state index in [1.807, 2.05) is 0 Å². The summed E-state index contributed by atoms with van der Waals surface area (Å²) in [4.78, 5) is 11.6. The van der Waals surface area contributed by atoms with Gasteiger partial charge in [0.15, 0.2) is 0 Å². The van der Waals surface area contributed by atoms with Gasteiger partial charge in [-0.05, 0) is 31.4 Å². The van der Waals surface area contributed by atoms with Gasteiger partial charge >= 0.3 is 0 Å². The number of nitrogen functional groups attached to an aromatic ring is 1. The van der Waals surface area contributed by atoms with Crippen LogP contribution in [-0.4, -0.2) is 24.2 Å². The smallest absolute Gasteiger partial charge is 0.253 e. The molecule has 1 aromatic carbocycles. The first kappa shape index (κ1) is 13.4. The van der Waals surface area contributed by atoms with E-state index in [0.717, 1.165) is 19.3 Å². The monoisotopic (exact) mass is 240 g/mol. The van der Waals surface area contributed by atoms with E-state index in [9.17, 15) is 9.18 Å². The number of nitrogens with one attached hydrogen (secondary N) is 1. The molecule has 1 amide bonds. The van der Waals surface area contributed by atoms with Crippen LogP contribution in [0.3, 0.4) is 0 Å². The second-order valence-electron chi connectivity index (χ2n) is 3.74. The molecule has 1 rings (SSSR count). The Bertz CT molecular complexity index is 383. The van der Waals surface area contributed by atoms with E-state index >= 15 is 0 Å². The van der Waals surface area contributed by atoms with Gasteiger partial charge in [0.1, 0.15) is 5.82 Å². The minimum absolute atomic E-state index is 0.125. The van der Waals surface area contributed by atoms with Crippen LogP contribution in [-0.2, 0) is 0 Å². The first-order valence-electron chi connectivity index (χ1n) is 5.60. The summed E-state index contributed by atoms with van der Waals surface area (Å²) in [6.07, 6.45) is 2.34. The number of unbranched alkanes of at least 4 members (excludes halogenated alkanes) is 2. The van der Waals surface area contributed by atoms with Gasteiger partial charge < -0.3 is 16.2 Å². The minimum Gasteiger partial charge on any atom is -0.396 e. The Morgan fingerprint density at radius 3 is 2.82 bits per heavy atom. The molecule has 0 heterocycles. The van der Waals surface area contributed by atoms with Gasteiger partial charge in [-0.2, -0.15) is 0 Å². The number of nitrogens with two attached hydrogens (primary N) is 1. The summed E-state index contributed by atoms with van der Waals surface area (Å²) in [5, 5.41) is 11.2. The van der Waals surface area contributed by atoms with Crippen LogP contribution in [0.5, 0.6) is 0 Å². The van der Waals surface area contributed by atoms with Crippen LogP contribution in [0.15, 0.2) is 18.2 Å². The van der Waals surface area contributed by atoms with Gasteiger partial charge in [0.25, 0.3) is 5.91 Å². The minimum atomic E-state index is -0.585. The van der Waals surface area contributed by atoms with Crippen LogP contribution < -0.4 is 11.1 Å². The molecule has 0 aliphatic rings. The lowest BCUT2D eigenvalue weighted by Crippen LogP contribution is -2.25. The highest BCUT2D eigenvalue weighted by Crippen LogP contribution is 2.15. The zero-order valence-corrected chi connectivity index (χ0v) is 9.58. The van der Waals surface area contributed by atoms with Crippen molar-refractivity contribution in [3.63, 3.8) is 0 Å². The molecule has 0 radical (unpaired) electrons. The Kier molecular flexibility index (Phi) is 5.42. The summed E-state index contributed by atoms with van der Waals surface area (Å²) in [6.45, 7) is 0.652. The molecule has 0 saturated carbocycles. The van der Waals surface area contributed by atoms with Crippen molar-refractivity contribution < 1.29 is 14.3 Å². The Balaban J connectivity index is 2.44. The van der Waals surface area contributed by atoms with Crippen molar-refractivity contribution in [2.45, 2.75) is 19.3 Å². The Morgan fingerprint density at radius 2 is 2.12 bits per heavy atom. The molecule has 4 nitrogen and oxygen atoms in total. The summed E-state index contributed by atoms with van der Waals surface area (Å²) in [7, 11) is 0. The Morgan fingerprint density at radius 1 is 1.35 bits per heavy atom. The Hall–Kier alpha value is -1.62. The van der Waals surface area contributed by atoms with E-state index in [2.05, 4.69) is 5.32 Å². The highest BCUT2D eigenvalue weighted by molar-refractivity contribution is 5.99. The van der Waals surface area contributed by atoms with Gasteiger partial charge in [0.05, 0.1) is 11.3 Å². The third-order valence-corrected chi connectivity index (χ3v) is 2.42. The van der Waals surface area contributed by atoms with E-state index in [0.29, 0.717) is 6.54 Å². The number of anilines is 1. The first-order chi connectivity index (χ1) is 8.16. The van der Waals surface area contributed by atoms with E-state index in [1.165, 1.54) is 18.2 Å². The Labute approximate surface area is 99.6 Å². The standard InChI is InChI=1S/C12H17FN2O2/c13-10-6-4-5-9(11(10)14)12(17)15-7-2-1-3-8-16/h4-6,16H,1-3,7-8,14H2,(H,15,17). The summed E-state index contributed by atoms with van der Waals surface area (Å²) >= 11 is 0. The van der Waals surface area contributed by atoms with Crippen molar-refractivity contribution in [3.8, 4) is 0 Å². The number of aliphatic hydroxyl groups excluding tert-OH is 1. The maximum absolute atomic E-state index is 13.1. The molecule has 0 bridgehead atoms. The molecule has 0 aliphatic carbocycles. The molecule has 0 fully saturated rings. The lowest BCUT2D eigenvalue weighted by atomic mass is 10.1. The maximum Gasteiger partial charge on any atom is 0.253 e. The predicted molar refractivity (Wildman–Crippen MR) is 64.1 cm³/mol. The van der Waals surface area contributed by atoms with Gasteiger partial charge in [0, 0.05) is 13.2 Å². The van der Waals surface area contributed by atoms with Crippen LogP contribution in [0, 0.1) is 5.82 Å². The number of rotatable bonds is 6. The lowest BCUT2D eigenvalue weighted by Gasteiger charge is -2.07. The van der Waals surface area contributed by atoms with Gasteiger partial charge in [-0.3, -0.25) is 4.79 Å². The molecule has 4 N–H and O–H groups in total. The number of hydrogen-bond acceptors (Lipinski definition) is 3. The van der Waals surface area contributed by atoms with Crippen molar-refractivity contribution in [1.29, 1.82) is 0 Å². The molecule has 94 valence electrons. The van der Waals surface area contributed by atoms with E-state index < -0.39 is 5.82 Å². The molecule has 1 aromatic rings. The fourth-order valence-electron chi connectivity index (χ4n) is 1.45. The second kappa shape index (κ2) is 6.85. The number of halogens is 1. The summed E-state index contributed by atoms with van der Waals surface area (Å²) in [5.41, 5.74) is 5.50. The molecule has 0 aromatic heterocycles. The van der Waals surface area contributed by atoms with E-state index in [1.54, 1.807) is 0 Å². The van der Waals surface area contributed by atoms with Crippen LogP contribution in [0.25, 0.3) is 0 Å². The molecule has 0 spiro atoms. The molecular weight excluding hydrogens is 223 g/mol. The molecule has 5 heteroatoms. The quantitative estimate of drug-likeness (QED) is 0.518. The number of benzene rings is 1. The molecular formula is C12H17FN2O2. The van der Waals surface area contributed by atoms with Crippen LogP contribution >= 0.6 is 0 Å². The van der Waals surface area contributed by atoms with Crippen LogP contribution in [0.2, 0.25) is 0 Å². The van der Waals surface area contributed by atoms with Crippen molar-refractivity contribution in [3.05, 3.63) is 29.6 Å². The molecule has 0 atom stereocenters. The number of hydrogen-bond donors (Lipinski definition) is 3. The molecule has 17 heavy (non-hydrogen) atoms. The van der Waals surface area contributed by atoms with Crippen LogP contribution in [0.1, 0.15) is 29.6 Å². The topological polar surface area (TPSA) is 75.4 Å². The number of carbonyl (C=O) groups is 1. The molecule has 0 aliphatic heterocycles. The van der Waals surface area contributed by atoms with Gasteiger partial charge in [0.2, 0.25) is 0 Å². The fourth-order valence-corrected chi connectivity index (χ4v) is 1.45. The lowest BCUT2D eigenvalue weighted by molar-refractivity contribution is 0.0953. The fraction of sp³-hybridized carbons (Fsp3) is 0.417. The largest absolute Gasteiger partial charge is 0.396 e. The highest BCUT2D eigenvalue weighted by atomic mass is 19.1. The maximum atomic E-state index is 13.1. The second-order valence-corrected chi connectivity index (χ2v) is 3.74. The van der Waals surface area contributed by atoms with Gasteiger partial charge in [-0.15, -0.1) is 0 Å². The molecule has 0 saturated heterocycles. The SMILES string of the molecule is Nc1c(F)cccc1C(=O)NCCCCCO. The summed E-state index contributed by atoms with van der Waals surface area (Å²) in [6, 6.07) is 4.15.